The van der Waals surface area contributed by atoms with Gasteiger partial charge in [-0.1, -0.05) is 139 Å². The van der Waals surface area contributed by atoms with Crippen LogP contribution >= 0.6 is 10.0 Å². The Kier molecular flexibility index (Phi) is 8.68. The summed E-state index contributed by atoms with van der Waals surface area (Å²) in [5.74, 6) is 0. The lowest BCUT2D eigenvalue weighted by atomic mass is 9.58. The molecule has 0 fully saturated rings. The van der Waals surface area contributed by atoms with Gasteiger partial charge in [0.1, 0.15) is 0 Å². The van der Waals surface area contributed by atoms with Crippen molar-refractivity contribution in [3.05, 3.63) is 231 Å². The van der Waals surface area contributed by atoms with Gasteiger partial charge >= 0.3 is 0 Å². The summed E-state index contributed by atoms with van der Waals surface area (Å²) in [4.78, 5) is 10.0. The van der Waals surface area contributed by atoms with E-state index < -0.39 is 10.0 Å². The van der Waals surface area contributed by atoms with Crippen LogP contribution < -0.4 is 26.0 Å². The minimum Gasteiger partial charge on any atom is -0.353 e. The summed E-state index contributed by atoms with van der Waals surface area (Å²) in [6.45, 7) is 0. The summed E-state index contributed by atoms with van der Waals surface area (Å²) < 4.78 is 0. The number of nitrogens with one attached hydrogen (secondary N) is 1. The molecule has 0 aliphatic carbocycles. The topological polar surface area (TPSA) is 18.5 Å². The molecule has 2 aliphatic rings. The molecule has 11 rings (SSSR count). The molecular formula is C54H39BN3S. The van der Waals surface area contributed by atoms with Crippen LogP contribution in [-0.2, 0) is 0 Å². The Balaban J connectivity index is 1.25. The third-order valence-electron chi connectivity index (χ3n) is 11.5. The van der Waals surface area contributed by atoms with Gasteiger partial charge in [0.2, 0.25) is 0 Å². The number of anilines is 8. The van der Waals surface area contributed by atoms with E-state index in [0.717, 1.165) is 56.6 Å². The molecule has 59 heavy (non-hydrogen) atoms. The van der Waals surface area contributed by atoms with Crippen molar-refractivity contribution in [1.82, 2.24) is 0 Å². The quantitative estimate of drug-likeness (QED) is 0.163. The summed E-state index contributed by atoms with van der Waals surface area (Å²) in [6.07, 6.45) is 0. The van der Waals surface area contributed by atoms with E-state index in [0.29, 0.717) is 0 Å². The van der Waals surface area contributed by atoms with E-state index in [1.807, 2.05) is 0 Å². The molecule has 0 amide bonds. The van der Waals surface area contributed by atoms with Gasteiger partial charge in [0.25, 0.3) is 0 Å². The van der Waals surface area contributed by atoms with Gasteiger partial charge < -0.3 is 15.1 Å². The highest BCUT2D eigenvalue weighted by atomic mass is 32.3. The van der Waals surface area contributed by atoms with Crippen LogP contribution in [-0.4, -0.2) is 7.28 Å². The zero-order valence-electron chi connectivity index (χ0n) is 32.3. The molecule has 2 heterocycles. The van der Waals surface area contributed by atoms with Gasteiger partial charge in [-0.25, -0.2) is 0 Å². The van der Waals surface area contributed by atoms with E-state index in [2.05, 4.69) is 253 Å². The monoisotopic (exact) mass is 772 g/mol. The average molecular weight is 773 g/mol. The molecule has 0 spiro atoms. The van der Waals surface area contributed by atoms with E-state index in [1.54, 1.807) is 0 Å². The Morgan fingerprint density at radius 1 is 0.424 bits per heavy atom. The molecule has 9 aromatic carbocycles. The van der Waals surface area contributed by atoms with Crippen LogP contribution in [0.1, 0.15) is 0 Å². The van der Waals surface area contributed by atoms with Crippen LogP contribution in [0.4, 0.5) is 45.5 Å². The first kappa shape index (κ1) is 35.0. The highest BCUT2D eigenvalue weighted by Crippen LogP contribution is 2.78. The number of nitrogens with zero attached hydrogens (tertiary/aromatic N) is 2. The summed E-state index contributed by atoms with van der Waals surface area (Å²) in [6, 6.07) is 83.9. The summed E-state index contributed by atoms with van der Waals surface area (Å²) in [5.41, 5.74) is 13.6. The van der Waals surface area contributed by atoms with Crippen LogP contribution in [0.15, 0.2) is 250 Å². The van der Waals surface area contributed by atoms with E-state index in [-0.39, 0.29) is 0 Å². The third kappa shape index (κ3) is 5.77. The Bertz CT molecular complexity index is 2860. The fourth-order valence-corrected chi connectivity index (χ4v) is 13.1. The number of para-hydroxylation sites is 6. The molecule has 5 heteroatoms. The van der Waals surface area contributed by atoms with Crippen molar-refractivity contribution in [2.45, 2.75) is 19.6 Å². The molecule has 3 nitrogen and oxygen atoms in total. The summed E-state index contributed by atoms with van der Waals surface area (Å²) in [5, 5.41) is 4.06. The molecule has 9 aromatic rings. The Morgan fingerprint density at radius 2 is 0.966 bits per heavy atom. The van der Waals surface area contributed by atoms with Crippen LogP contribution in [0.3, 0.4) is 0 Å². The first-order valence-electron chi connectivity index (χ1n) is 20.1. The fourth-order valence-electron chi connectivity index (χ4n) is 8.99. The van der Waals surface area contributed by atoms with Crippen LogP contribution in [0.5, 0.6) is 0 Å². The predicted molar refractivity (Wildman–Crippen MR) is 250 cm³/mol. The van der Waals surface area contributed by atoms with Gasteiger partial charge in [-0.05, 0) is 108 Å². The normalized spacial score (nSPS) is 13.7. The average Bonchev–Trinajstić information content (AvgIpc) is 3.31. The number of fused-ring (bicyclic) bond motifs is 4. The van der Waals surface area contributed by atoms with Gasteiger partial charge in [-0.15, -0.1) is 10.0 Å². The predicted octanol–water partition coefficient (Wildman–Crippen LogP) is 13.7. The molecular weight excluding hydrogens is 733 g/mol. The van der Waals surface area contributed by atoms with Gasteiger partial charge in [0.05, 0.1) is 11.4 Å². The minimum absolute atomic E-state index is 1.07. The number of rotatable bonds is 7. The lowest BCUT2D eigenvalue weighted by Gasteiger charge is -2.47. The molecule has 1 N–H and O–H groups in total. The Morgan fingerprint density at radius 3 is 1.63 bits per heavy atom. The van der Waals surface area contributed by atoms with Crippen LogP contribution in [0.2, 0.25) is 0 Å². The van der Waals surface area contributed by atoms with Crippen LogP contribution in [0, 0.1) is 0 Å². The maximum atomic E-state index is 4.06. The van der Waals surface area contributed by atoms with E-state index in [1.165, 1.54) is 30.5 Å². The molecule has 0 unspecified atom stereocenters. The molecule has 2 aliphatic heterocycles. The zero-order valence-corrected chi connectivity index (χ0v) is 33.1. The highest BCUT2D eigenvalue weighted by molar-refractivity contribution is 8.34. The number of hydrogen-bond acceptors (Lipinski definition) is 3. The lowest BCUT2D eigenvalue weighted by Crippen LogP contribution is -2.41. The second-order valence-electron chi connectivity index (χ2n) is 14.8. The van der Waals surface area contributed by atoms with Crippen molar-refractivity contribution in [3.63, 3.8) is 0 Å². The SMILES string of the molecule is [B]1c2ccccc2N(c2ccccc2)c2cc(N(c3ccccc3)c3ccccc3)cc(-c3cccc4c3Nc3ccccc3S4(c3ccccc3)c3ccccc3)c21. The highest BCUT2D eigenvalue weighted by Gasteiger charge is 2.41. The van der Waals surface area contributed by atoms with Crippen molar-refractivity contribution >= 4 is 73.7 Å². The molecule has 0 saturated heterocycles. The molecule has 0 saturated carbocycles. The van der Waals surface area contributed by atoms with Gasteiger partial charge in [-0.3, -0.25) is 0 Å². The maximum absolute atomic E-state index is 4.06. The number of hydrogen-bond donors (Lipinski definition) is 1. The Labute approximate surface area is 348 Å². The first-order chi connectivity index (χ1) is 29.3. The summed E-state index contributed by atoms with van der Waals surface area (Å²) in [7, 11) is 0.458. The minimum atomic E-state index is -1.93. The standard InChI is InChI=1S/C54H39BN3S/c1-6-21-39(22-7-1)57(40-23-8-2-9-24-40)42-37-46(53-50(38-42)58(41-25-10-3-11-26-41)49-34-18-16-32-47(49)55-53)45-31-20-36-52-54(45)56-48-33-17-19-35-51(48)59(52,43-27-12-4-13-28-43)44-29-14-5-15-30-44/h1-38,56H. The molecule has 0 bridgehead atoms. The fraction of sp³-hybridized carbons (Fsp3) is 0. The van der Waals surface area contributed by atoms with E-state index in [9.17, 15) is 0 Å². The molecule has 0 atom stereocenters. The van der Waals surface area contributed by atoms with Crippen LogP contribution in [0.25, 0.3) is 11.1 Å². The first-order valence-corrected chi connectivity index (χ1v) is 21.7. The maximum Gasteiger partial charge on any atom is 0.197 e. The van der Waals surface area contributed by atoms with Gasteiger partial charge in [0.15, 0.2) is 7.28 Å². The zero-order chi connectivity index (χ0) is 39.2. The molecule has 0 aromatic heterocycles. The molecule has 279 valence electrons. The smallest absolute Gasteiger partial charge is 0.197 e. The van der Waals surface area contributed by atoms with Gasteiger partial charge in [-0.2, -0.15) is 0 Å². The molecule has 1 radical (unpaired) electrons. The lowest BCUT2D eigenvalue weighted by molar-refractivity contribution is 1.20. The van der Waals surface area contributed by atoms with Crippen molar-refractivity contribution in [2.75, 3.05) is 15.1 Å². The third-order valence-corrected chi connectivity index (χ3v) is 15.5. The van der Waals surface area contributed by atoms with Crippen molar-refractivity contribution in [1.29, 1.82) is 0 Å². The summed E-state index contributed by atoms with van der Waals surface area (Å²) >= 11 is 0. The Hall–Kier alpha value is -7.21. The van der Waals surface area contributed by atoms with Gasteiger partial charge in [0, 0.05) is 59.3 Å². The van der Waals surface area contributed by atoms with E-state index >= 15 is 0 Å². The second-order valence-corrected chi connectivity index (χ2v) is 17.9. The largest absolute Gasteiger partial charge is 0.353 e. The number of benzene rings is 9. The second kappa shape index (κ2) is 14.6. The van der Waals surface area contributed by atoms with Crippen molar-refractivity contribution < 1.29 is 0 Å². The van der Waals surface area contributed by atoms with Crippen molar-refractivity contribution in [3.8, 4) is 11.1 Å². The van der Waals surface area contributed by atoms with E-state index in [4.69, 9.17) is 0 Å². The van der Waals surface area contributed by atoms with Crippen molar-refractivity contribution in [2.24, 2.45) is 0 Å².